The summed E-state index contributed by atoms with van der Waals surface area (Å²) in [6.07, 6.45) is 13.0. The quantitative estimate of drug-likeness (QED) is 0.266. The largest absolute Gasteiger partial charge is 0.386 e. The van der Waals surface area contributed by atoms with Crippen molar-refractivity contribution < 1.29 is 4.79 Å². The molecule has 0 saturated heterocycles. The summed E-state index contributed by atoms with van der Waals surface area (Å²) in [7, 11) is 0. The average Bonchev–Trinajstić information content (AvgIpc) is 3.08. The molecule has 0 aromatic rings. The molecular formula is C26H48N4O. The van der Waals surface area contributed by atoms with Crippen LogP contribution >= 0.6 is 0 Å². The van der Waals surface area contributed by atoms with Crippen LogP contribution in [0.1, 0.15) is 99.3 Å². The Hall–Kier alpha value is -1.10. The van der Waals surface area contributed by atoms with Crippen LogP contribution in [0.3, 0.4) is 0 Å². The van der Waals surface area contributed by atoms with E-state index in [4.69, 9.17) is 11.6 Å². The second-order valence-electron chi connectivity index (χ2n) is 11.6. The molecule has 31 heavy (non-hydrogen) atoms. The SMILES string of the molecule is C.CCC12CCC3C(CCC4CC(C)CCC43C)C1CCC2C(=O)CN(N)/N=C(/C)N. The number of rotatable bonds is 5. The molecule has 0 bridgehead atoms. The highest BCUT2D eigenvalue weighted by molar-refractivity contribution is 5.84. The maximum Gasteiger partial charge on any atom is 0.159 e. The number of nitrogens with zero attached hydrogens (tertiary/aromatic N) is 2. The van der Waals surface area contributed by atoms with Crippen molar-refractivity contribution in [1.29, 1.82) is 0 Å². The van der Waals surface area contributed by atoms with Crippen molar-refractivity contribution in [3.63, 3.8) is 0 Å². The summed E-state index contributed by atoms with van der Waals surface area (Å²) in [5.41, 5.74) is 6.37. The summed E-state index contributed by atoms with van der Waals surface area (Å²) >= 11 is 0. The number of carbonyl (C=O) groups excluding carboxylic acids is 1. The summed E-state index contributed by atoms with van der Waals surface area (Å²) in [6, 6.07) is 0. The number of hydrazone groups is 1. The molecule has 5 nitrogen and oxygen atoms in total. The van der Waals surface area contributed by atoms with Gasteiger partial charge in [0.1, 0.15) is 12.4 Å². The molecule has 0 aliphatic heterocycles. The molecule has 4 saturated carbocycles. The molecule has 0 heterocycles. The molecule has 0 aromatic carbocycles. The van der Waals surface area contributed by atoms with Crippen LogP contribution in [0, 0.1) is 46.3 Å². The third kappa shape index (κ3) is 4.05. The van der Waals surface area contributed by atoms with E-state index in [1.807, 2.05) is 0 Å². The Labute approximate surface area is 190 Å². The van der Waals surface area contributed by atoms with Crippen LogP contribution in [-0.2, 0) is 4.79 Å². The number of hydrazine groups is 1. The fourth-order valence-electron chi connectivity index (χ4n) is 8.96. The second-order valence-corrected chi connectivity index (χ2v) is 11.6. The van der Waals surface area contributed by atoms with Crippen molar-refractivity contribution in [2.45, 2.75) is 99.3 Å². The van der Waals surface area contributed by atoms with E-state index in [9.17, 15) is 4.79 Å². The molecular weight excluding hydrogens is 384 g/mol. The van der Waals surface area contributed by atoms with Gasteiger partial charge in [0.05, 0.1) is 0 Å². The number of hydrogen-bond acceptors (Lipinski definition) is 4. The second kappa shape index (κ2) is 9.03. The Morgan fingerprint density at radius 1 is 1.10 bits per heavy atom. The highest BCUT2D eigenvalue weighted by atomic mass is 16.1. The fraction of sp³-hybridized carbons (Fsp3) is 0.923. The van der Waals surface area contributed by atoms with Gasteiger partial charge >= 0.3 is 0 Å². The van der Waals surface area contributed by atoms with Crippen molar-refractivity contribution >= 4 is 11.6 Å². The van der Waals surface area contributed by atoms with Crippen LogP contribution in [-0.4, -0.2) is 23.3 Å². The van der Waals surface area contributed by atoms with Gasteiger partial charge in [-0.3, -0.25) is 4.79 Å². The van der Waals surface area contributed by atoms with Gasteiger partial charge in [-0.1, -0.05) is 34.6 Å². The van der Waals surface area contributed by atoms with Crippen molar-refractivity contribution in [1.82, 2.24) is 5.12 Å². The molecule has 178 valence electrons. The van der Waals surface area contributed by atoms with Crippen LogP contribution in [0.5, 0.6) is 0 Å². The number of amidine groups is 1. The summed E-state index contributed by atoms with van der Waals surface area (Å²) in [5.74, 6) is 11.0. The van der Waals surface area contributed by atoms with Gasteiger partial charge in [0, 0.05) is 5.92 Å². The third-order valence-electron chi connectivity index (χ3n) is 10.3. The van der Waals surface area contributed by atoms with Gasteiger partial charge in [-0.05, 0) is 105 Å². The molecule has 4 N–H and O–H groups in total. The van der Waals surface area contributed by atoms with E-state index in [1.165, 1.54) is 56.5 Å². The first-order chi connectivity index (χ1) is 14.2. The summed E-state index contributed by atoms with van der Waals surface area (Å²) in [4.78, 5) is 13.3. The molecule has 4 aliphatic rings. The number of hydrogen-bond donors (Lipinski definition) is 2. The lowest BCUT2D eigenvalue weighted by Gasteiger charge is -2.61. The van der Waals surface area contributed by atoms with E-state index in [2.05, 4.69) is 25.9 Å². The van der Waals surface area contributed by atoms with Gasteiger partial charge in [0.15, 0.2) is 5.78 Å². The minimum atomic E-state index is 0. The number of Topliss-reactive ketones (excluding diaryl/α,β-unsaturated/α-hetero) is 1. The first kappa shape index (κ1) is 24.5. The number of nitrogens with two attached hydrogens (primary N) is 2. The Kier molecular flexibility index (Phi) is 7.15. The lowest BCUT2D eigenvalue weighted by atomic mass is 9.43. The van der Waals surface area contributed by atoms with E-state index >= 15 is 0 Å². The van der Waals surface area contributed by atoms with Crippen molar-refractivity contribution in [3.8, 4) is 0 Å². The minimum absolute atomic E-state index is 0. The van der Waals surface area contributed by atoms with E-state index in [-0.39, 0.29) is 31.1 Å². The monoisotopic (exact) mass is 432 g/mol. The highest BCUT2D eigenvalue weighted by Crippen LogP contribution is 2.68. The Balaban J connectivity index is 0.00000272. The van der Waals surface area contributed by atoms with E-state index < -0.39 is 0 Å². The number of ketones is 1. The van der Waals surface area contributed by atoms with Gasteiger partial charge in [-0.15, -0.1) is 5.10 Å². The van der Waals surface area contributed by atoms with E-state index in [0.29, 0.717) is 11.3 Å². The van der Waals surface area contributed by atoms with Crippen LogP contribution < -0.4 is 11.6 Å². The Morgan fingerprint density at radius 3 is 2.52 bits per heavy atom. The zero-order valence-corrected chi connectivity index (χ0v) is 19.7. The van der Waals surface area contributed by atoms with E-state index in [1.54, 1.807) is 6.92 Å². The molecule has 4 rings (SSSR count). The van der Waals surface area contributed by atoms with Crippen molar-refractivity contribution in [3.05, 3.63) is 0 Å². The summed E-state index contributed by atoms with van der Waals surface area (Å²) in [5, 5.41) is 5.30. The lowest BCUT2D eigenvalue weighted by Crippen LogP contribution is -2.54. The third-order valence-corrected chi connectivity index (χ3v) is 10.3. The topological polar surface area (TPSA) is 84.7 Å². The predicted octanol–water partition coefficient (Wildman–Crippen LogP) is 5.34. The van der Waals surface area contributed by atoms with Crippen molar-refractivity contribution in [2.24, 2.45) is 63.0 Å². The molecule has 0 radical (unpaired) electrons. The minimum Gasteiger partial charge on any atom is -0.386 e. The maximum atomic E-state index is 13.3. The number of carbonyl (C=O) groups is 1. The van der Waals surface area contributed by atoms with Crippen LogP contribution in [0.2, 0.25) is 0 Å². The molecule has 8 unspecified atom stereocenters. The van der Waals surface area contributed by atoms with Gasteiger partial charge in [0.25, 0.3) is 0 Å². The average molecular weight is 433 g/mol. The van der Waals surface area contributed by atoms with Crippen molar-refractivity contribution in [2.75, 3.05) is 6.54 Å². The first-order valence-corrected chi connectivity index (χ1v) is 12.6. The zero-order chi connectivity index (χ0) is 21.7. The smallest absolute Gasteiger partial charge is 0.159 e. The van der Waals surface area contributed by atoms with Crippen LogP contribution in [0.4, 0.5) is 0 Å². The molecule has 0 aromatic heterocycles. The molecule has 0 amide bonds. The Bertz CT molecular complexity index is 689. The molecule has 4 fully saturated rings. The van der Waals surface area contributed by atoms with Gasteiger partial charge in [0.2, 0.25) is 0 Å². The lowest BCUT2D eigenvalue weighted by molar-refractivity contribution is -0.140. The maximum absolute atomic E-state index is 13.3. The summed E-state index contributed by atoms with van der Waals surface area (Å²) in [6.45, 7) is 9.30. The molecule has 8 atom stereocenters. The van der Waals surface area contributed by atoms with Gasteiger partial charge in [-0.25, -0.2) is 11.0 Å². The van der Waals surface area contributed by atoms with Crippen LogP contribution in [0.25, 0.3) is 0 Å². The zero-order valence-electron chi connectivity index (χ0n) is 19.7. The summed E-state index contributed by atoms with van der Waals surface area (Å²) < 4.78 is 0. The fourth-order valence-corrected chi connectivity index (χ4v) is 8.96. The molecule has 4 aliphatic carbocycles. The molecule has 0 spiro atoms. The van der Waals surface area contributed by atoms with Gasteiger partial charge in [-0.2, -0.15) is 0 Å². The first-order valence-electron chi connectivity index (χ1n) is 12.6. The molecule has 5 heteroatoms. The van der Waals surface area contributed by atoms with E-state index in [0.717, 1.165) is 42.4 Å². The highest BCUT2D eigenvalue weighted by Gasteiger charge is 2.61. The number of fused-ring (bicyclic) bond motifs is 5. The normalized spacial score (nSPS) is 44.5. The Morgan fingerprint density at radius 2 is 1.84 bits per heavy atom. The predicted molar refractivity (Wildman–Crippen MR) is 129 cm³/mol. The van der Waals surface area contributed by atoms with Gasteiger partial charge < -0.3 is 5.73 Å². The standard InChI is InChI=1S/C25H44N4O.CH4/c1-5-25-13-11-20-19(7-6-18-14-16(2)10-12-24(18,20)4)21(25)8-9-22(25)23(30)15-29(27)28-17(3)26;/h16,18-22H,5-15,27H2,1-4H3,(H2,26,28);1H4. The van der Waals surface area contributed by atoms with Crippen LogP contribution in [0.15, 0.2) is 5.10 Å².